The first kappa shape index (κ1) is 13.2. The molecule has 3 nitrogen and oxygen atoms in total. The molecule has 4 bridgehead atoms. The van der Waals surface area contributed by atoms with E-state index in [1.165, 1.54) is 6.08 Å². The van der Waals surface area contributed by atoms with Crippen LogP contribution in [-0.4, -0.2) is 22.3 Å². The molecule has 2 atom stereocenters. The maximum atomic E-state index is 11.8. The molecule has 0 aromatic carbocycles. The van der Waals surface area contributed by atoms with Gasteiger partial charge in [-0.3, -0.25) is 0 Å². The Balaban J connectivity index is 1.97. The Morgan fingerprint density at radius 1 is 1.32 bits per heavy atom. The highest BCUT2D eigenvalue weighted by Gasteiger charge is 2.64. The first-order valence-corrected chi connectivity index (χ1v) is 7.47. The Hall–Kier alpha value is -0.830. The predicted molar refractivity (Wildman–Crippen MR) is 72.4 cm³/mol. The minimum Gasteiger partial charge on any atom is -0.455 e. The van der Waals surface area contributed by atoms with Crippen LogP contribution in [0.15, 0.2) is 12.7 Å². The molecule has 1 N–H and O–H groups in total. The molecule has 0 aromatic heterocycles. The molecule has 0 amide bonds. The van der Waals surface area contributed by atoms with E-state index in [-0.39, 0.29) is 17.5 Å². The van der Waals surface area contributed by atoms with Crippen LogP contribution in [0.2, 0.25) is 0 Å². The number of rotatable bonds is 3. The van der Waals surface area contributed by atoms with Crippen molar-refractivity contribution in [2.24, 2.45) is 23.7 Å². The van der Waals surface area contributed by atoms with Gasteiger partial charge in [0.1, 0.15) is 5.60 Å². The lowest BCUT2D eigenvalue weighted by Gasteiger charge is -2.64. The molecule has 4 fully saturated rings. The standard InChI is InChI=1S/C16H24O3/c1-4-14(17)19-16(10(2)3)12-5-11-6-13(16)9-15(18,7-11)8-12/h4,10-13,18H,1,5-9H2,2-3H3. The molecule has 19 heavy (non-hydrogen) atoms. The number of hydrogen-bond acceptors (Lipinski definition) is 3. The van der Waals surface area contributed by atoms with E-state index in [1.807, 2.05) is 0 Å². The van der Waals surface area contributed by atoms with Gasteiger partial charge in [-0.25, -0.2) is 4.79 Å². The van der Waals surface area contributed by atoms with Gasteiger partial charge in [-0.15, -0.1) is 0 Å². The zero-order valence-electron chi connectivity index (χ0n) is 11.9. The van der Waals surface area contributed by atoms with Crippen LogP contribution < -0.4 is 0 Å². The van der Waals surface area contributed by atoms with Crippen LogP contribution in [0.3, 0.4) is 0 Å². The van der Waals surface area contributed by atoms with Gasteiger partial charge in [-0.05, 0) is 43.9 Å². The zero-order chi connectivity index (χ0) is 13.8. The topological polar surface area (TPSA) is 46.5 Å². The Morgan fingerprint density at radius 3 is 2.32 bits per heavy atom. The highest BCUT2D eigenvalue weighted by Crippen LogP contribution is 2.63. The highest BCUT2D eigenvalue weighted by molar-refractivity contribution is 5.81. The summed E-state index contributed by atoms with van der Waals surface area (Å²) >= 11 is 0. The number of hydrogen-bond donors (Lipinski definition) is 1. The van der Waals surface area contributed by atoms with Crippen molar-refractivity contribution in [3.63, 3.8) is 0 Å². The second-order valence-corrected chi connectivity index (χ2v) is 7.20. The van der Waals surface area contributed by atoms with Crippen LogP contribution in [0, 0.1) is 23.7 Å². The fraction of sp³-hybridized carbons (Fsp3) is 0.812. The molecule has 4 aliphatic carbocycles. The van der Waals surface area contributed by atoms with Crippen LogP contribution >= 0.6 is 0 Å². The number of aliphatic hydroxyl groups is 1. The molecule has 0 spiro atoms. The molecule has 4 rings (SSSR count). The summed E-state index contributed by atoms with van der Waals surface area (Å²) in [5.74, 6) is 1.22. The third kappa shape index (κ3) is 1.78. The summed E-state index contributed by atoms with van der Waals surface area (Å²) in [5, 5.41) is 10.6. The molecule has 0 saturated heterocycles. The summed E-state index contributed by atoms with van der Waals surface area (Å²) in [7, 11) is 0. The first-order chi connectivity index (χ1) is 8.89. The normalized spacial score (nSPS) is 47.5. The van der Waals surface area contributed by atoms with Crippen molar-refractivity contribution in [2.45, 2.75) is 57.2 Å². The van der Waals surface area contributed by atoms with Gasteiger partial charge in [0.25, 0.3) is 0 Å². The van der Waals surface area contributed by atoms with Crippen molar-refractivity contribution in [3.05, 3.63) is 12.7 Å². The van der Waals surface area contributed by atoms with Crippen LogP contribution in [0.4, 0.5) is 0 Å². The van der Waals surface area contributed by atoms with Gasteiger partial charge in [0, 0.05) is 17.9 Å². The van der Waals surface area contributed by atoms with Gasteiger partial charge in [0.2, 0.25) is 0 Å². The maximum Gasteiger partial charge on any atom is 0.330 e. The molecular weight excluding hydrogens is 240 g/mol. The molecule has 3 heteroatoms. The van der Waals surface area contributed by atoms with Crippen LogP contribution in [-0.2, 0) is 9.53 Å². The SMILES string of the molecule is C=CC(=O)OC1(C(C)C)C2CC3CC1CC(O)(C3)C2. The van der Waals surface area contributed by atoms with E-state index in [0.717, 1.165) is 32.1 Å². The van der Waals surface area contributed by atoms with Gasteiger partial charge < -0.3 is 9.84 Å². The highest BCUT2D eigenvalue weighted by atomic mass is 16.6. The molecule has 4 saturated carbocycles. The Kier molecular flexibility index (Phi) is 2.83. The molecule has 0 aliphatic heterocycles. The van der Waals surface area contributed by atoms with Gasteiger partial charge in [-0.1, -0.05) is 20.4 Å². The second kappa shape index (κ2) is 4.08. The average Bonchev–Trinajstić information content (AvgIpc) is 2.31. The molecule has 2 unspecified atom stereocenters. The monoisotopic (exact) mass is 264 g/mol. The minimum absolute atomic E-state index is 0.287. The smallest absolute Gasteiger partial charge is 0.330 e. The van der Waals surface area contributed by atoms with Gasteiger partial charge >= 0.3 is 5.97 Å². The third-order valence-electron chi connectivity index (χ3n) is 5.78. The van der Waals surface area contributed by atoms with Crippen LogP contribution in [0.25, 0.3) is 0 Å². The summed E-state index contributed by atoms with van der Waals surface area (Å²) in [5.41, 5.74) is -0.871. The summed E-state index contributed by atoms with van der Waals surface area (Å²) < 4.78 is 5.90. The van der Waals surface area contributed by atoms with Crippen molar-refractivity contribution in [1.29, 1.82) is 0 Å². The predicted octanol–water partition coefficient (Wildman–Crippen LogP) is 2.68. The number of esters is 1. The van der Waals surface area contributed by atoms with Gasteiger partial charge in [-0.2, -0.15) is 0 Å². The number of carbonyl (C=O) groups is 1. The van der Waals surface area contributed by atoms with E-state index in [4.69, 9.17) is 4.74 Å². The summed E-state index contributed by atoms with van der Waals surface area (Å²) in [6.45, 7) is 7.81. The minimum atomic E-state index is -0.491. The van der Waals surface area contributed by atoms with Crippen molar-refractivity contribution in [1.82, 2.24) is 0 Å². The van der Waals surface area contributed by atoms with E-state index < -0.39 is 5.60 Å². The lowest BCUT2D eigenvalue weighted by atomic mass is 9.46. The van der Waals surface area contributed by atoms with Gasteiger partial charge in [0.05, 0.1) is 5.60 Å². The quantitative estimate of drug-likeness (QED) is 0.629. The van der Waals surface area contributed by atoms with Crippen LogP contribution in [0.1, 0.15) is 46.0 Å². The van der Waals surface area contributed by atoms with Crippen molar-refractivity contribution in [2.75, 3.05) is 0 Å². The Labute approximate surface area is 115 Å². The molecule has 0 aromatic rings. The van der Waals surface area contributed by atoms with E-state index in [2.05, 4.69) is 20.4 Å². The van der Waals surface area contributed by atoms with Gasteiger partial charge in [0.15, 0.2) is 0 Å². The molecule has 0 heterocycles. The third-order valence-corrected chi connectivity index (χ3v) is 5.78. The van der Waals surface area contributed by atoms with Crippen molar-refractivity contribution in [3.8, 4) is 0 Å². The summed E-state index contributed by atoms with van der Waals surface area (Å²) in [6, 6.07) is 0. The largest absolute Gasteiger partial charge is 0.455 e. The van der Waals surface area contributed by atoms with E-state index in [1.54, 1.807) is 0 Å². The first-order valence-electron chi connectivity index (χ1n) is 7.47. The van der Waals surface area contributed by atoms with Crippen LogP contribution in [0.5, 0.6) is 0 Å². The van der Waals surface area contributed by atoms with E-state index in [9.17, 15) is 9.90 Å². The maximum absolute atomic E-state index is 11.8. The lowest BCUT2D eigenvalue weighted by Crippen LogP contribution is -2.66. The average molecular weight is 264 g/mol. The molecule has 106 valence electrons. The van der Waals surface area contributed by atoms with E-state index >= 15 is 0 Å². The number of ether oxygens (including phenoxy) is 1. The molecular formula is C16H24O3. The fourth-order valence-electron chi connectivity index (χ4n) is 5.40. The molecule has 4 aliphatic rings. The zero-order valence-corrected chi connectivity index (χ0v) is 11.9. The van der Waals surface area contributed by atoms with Crippen molar-refractivity contribution >= 4 is 5.97 Å². The Morgan fingerprint density at radius 2 is 1.89 bits per heavy atom. The lowest BCUT2D eigenvalue weighted by molar-refractivity contribution is -0.253. The Bertz CT molecular complexity index is 396. The van der Waals surface area contributed by atoms with Crippen molar-refractivity contribution < 1.29 is 14.6 Å². The summed E-state index contributed by atoms with van der Waals surface area (Å²) in [4.78, 5) is 11.8. The fourth-order valence-corrected chi connectivity index (χ4v) is 5.40. The molecule has 0 radical (unpaired) electrons. The van der Waals surface area contributed by atoms with E-state index in [0.29, 0.717) is 17.8 Å². The summed E-state index contributed by atoms with van der Waals surface area (Å²) in [6.07, 6.45) is 6.00. The second-order valence-electron chi connectivity index (χ2n) is 7.20. The number of carbonyl (C=O) groups excluding carboxylic acids is 1.